The smallest absolute Gasteiger partial charge is 0.355 e. The summed E-state index contributed by atoms with van der Waals surface area (Å²) in [5.41, 5.74) is 2.21. The lowest BCUT2D eigenvalue weighted by Gasteiger charge is -2.15. The molecule has 1 aromatic heterocycles. The van der Waals surface area contributed by atoms with Gasteiger partial charge in [0.1, 0.15) is 5.69 Å². The summed E-state index contributed by atoms with van der Waals surface area (Å²) in [5.74, 6) is -0.466. The zero-order valence-electron chi connectivity index (χ0n) is 16.5. The van der Waals surface area contributed by atoms with E-state index in [-0.39, 0.29) is 18.4 Å². The monoisotopic (exact) mass is 375 g/mol. The van der Waals surface area contributed by atoms with Gasteiger partial charge in [-0.05, 0) is 39.2 Å². The van der Waals surface area contributed by atoms with Crippen LogP contribution in [0.5, 0.6) is 0 Å². The van der Waals surface area contributed by atoms with Crippen LogP contribution in [0, 0.1) is 13.8 Å². The maximum atomic E-state index is 12.7. The third-order valence-corrected chi connectivity index (χ3v) is 4.84. The average molecular weight is 375 g/mol. The average Bonchev–Trinajstić information content (AvgIpc) is 3.13. The summed E-state index contributed by atoms with van der Waals surface area (Å²) in [4.78, 5) is 38.5. The van der Waals surface area contributed by atoms with E-state index in [0.29, 0.717) is 55.0 Å². The van der Waals surface area contributed by atoms with Crippen molar-refractivity contribution in [1.29, 1.82) is 0 Å². The minimum absolute atomic E-state index is 0.189. The van der Waals surface area contributed by atoms with Crippen LogP contribution in [0.3, 0.4) is 0 Å². The van der Waals surface area contributed by atoms with Crippen molar-refractivity contribution in [3.8, 4) is 0 Å². The zero-order valence-corrected chi connectivity index (χ0v) is 16.5. The van der Waals surface area contributed by atoms with Crippen molar-refractivity contribution in [2.75, 3.05) is 26.2 Å². The van der Waals surface area contributed by atoms with Gasteiger partial charge in [-0.15, -0.1) is 6.58 Å². The number of likely N-dealkylation sites (tertiary alicyclic amines) is 1. The van der Waals surface area contributed by atoms with Crippen molar-refractivity contribution in [3.05, 3.63) is 35.2 Å². The number of rotatable bonds is 9. The number of hydrogen-bond donors (Lipinski definition) is 1. The normalized spacial score (nSPS) is 13.7. The number of esters is 1. The van der Waals surface area contributed by atoms with E-state index >= 15 is 0 Å². The lowest BCUT2D eigenvalue weighted by atomic mass is 10.1. The van der Waals surface area contributed by atoms with Crippen molar-refractivity contribution in [3.63, 3.8) is 0 Å². The highest BCUT2D eigenvalue weighted by atomic mass is 16.5. The minimum atomic E-state index is -0.438. The van der Waals surface area contributed by atoms with E-state index in [2.05, 4.69) is 11.9 Å². The van der Waals surface area contributed by atoms with Crippen LogP contribution in [0.1, 0.15) is 58.3 Å². The molecular weight excluding hydrogens is 346 g/mol. The van der Waals surface area contributed by atoms with E-state index in [1.165, 1.54) is 0 Å². The first-order chi connectivity index (χ1) is 12.9. The Balaban J connectivity index is 2.08. The fourth-order valence-corrected chi connectivity index (χ4v) is 3.55. The first kappa shape index (κ1) is 20.7. The third kappa shape index (κ3) is 4.59. The van der Waals surface area contributed by atoms with Crippen LogP contribution in [0.15, 0.2) is 12.7 Å². The third-order valence-electron chi connectivity index (χ3n) is 4.84. The Morgan fingerprint density at radius 1 is 1.33 bits per heavy atom. The quantitative estimate of drug-likeness (QED) is 0.408. The van der Waals surface area contributed by atoms with Crippen molar-refractivity contribution in [2.45, 2.75) is 46.6 Å². The van der Waals surface area contributed by atoms with Gasteiger partial charge in [-0.25, -0.2) is 4.79 Å². The van der Waals surface area contributed by atoms with Crippen molar-refractivity contribution < 1.29 is 19.1 Å². The summed E-state index contributed by atoms with van der Waals surface area (Å²) in [6, 6.07) is 0. The molecule has 0 bridgehead atoms. The maximum Gasteiger partial charge on any atom is 0.355 e. The first-order valence-corrected chi connectivity index (χ1v) is 9.46. The van der Waals surface area contributed by atoms with Crippen LogP contribution in [-0.2, 0) is 16.1 Å². The molecule has 0 aromatic carbocycles. The van der Waals surface area contributed by atoms with Crippen molar-refractivity contribution in [1.82, 2.24) is 14.8 Å². The standard InChI is InChI=1S/C20H29N3O4/c1-5-11-23-15(4)17(14(3)18(23)20(26)27-6-2)19(25)21-10-8-13-22-12-7-9-16(22)24/h5H,1,6-13H2,2-4H3,(H,21,25). The molecule has 1 aromatic rings. The highest BCUT2D eigenvalue weighted by Crippen LogP contribution is 2.23. The maximum absolute atomic E-state index is 12.7. The van der Waals surface area contributed by atoms with Crippen LogP contribution in [0.2, 0.25) is 0 Å². The number of carbonyl (C=O) groups is 3. The van der Waals surface area contributed by atoms with Gasteiger partial charge in [0.2, 0.25) is 5.91 Å². The van der Waals surface area contributed by atoms with Crippen LogP contribution in [0.25, 0.3) is 0 Å². The number of nitrogens with one attached hydrogen (secondary N) is 1. The van der Waals surface area contributed by atoms with Gasteiger partial charge in [0, 0.05) is 38.3 Å². The molecule has 1 aliphatic heterocycles. The molecule has 27 heavy (non-hydrogen) atoms. The van der Waals surface area contributed by atoms with Crippen molar-refractivity contribution >= 4 is 17.8 Å². The minimum Gasteiger partial charge on any atom is -0.461 e. The van der Waals surface area contributed by atoms with Crippen molar-refractivity contribution in [2.24, 2.45) is 0 Å². The Morgan fingerprint density at radius 3 is 2.67 bits per heavy atom. The van der Waals surface area contributed by atoms with E-state index in [1.54, 1.807) is 24.5 Å². The van der Waals surface area contributed by atoms with Crippen LogP contribution in [-0.4, -0.2) is 53.5 Å². The molecule has 2 heterocycles. The molecule has 1 N–H and O–H groups in total. The zero-order chi connectivity index (χ0) is 20.0. The molecule has 0 radical (unpaired) electrons. The summed E-state index contributed by atoms with van der Waals surface area (Å²) in [5, 5.41) is 2.90. The second kappa shape index (κ2) is 9.39. The van der Waals surface area contributed by atoms with Crippen LogP contribution >= 0.6 is 0 Å². The van der Waals surface area contributed by atoms with Crippen LogP contribution < -0.4 is 5.32 Å². The second-order valence-corrected chi connectivity index (χ2v) is 6.65. The molecule has 2 amide bonds. The Labute approximate surface area is 160 Å². The number of amides is 2. The van der Waals surface area contributed by atoms with Gasteiger partial charge in [-0.2, -0.15) is 0 Å². The SMILES string of the molecule is C=CCn1c(C)c(C(=O)NCCCN2CCCC2=O)c(C)c1C(=O)OCC. The van der Waals surface area contributed by atoms with Gasteiger partial charge in [-0.3, -0.25) is 9.59 Å². The predicted octanol–water partition coefficient (Wildman–Crippen LogP) is 2.21. The summed E-state index contributed by atoms with van der Waals surface area (Å²) in [6.45, 7) is 11.7. The molecule has 0 aliphatic carbocycles. The molecule has 7 nitrogen and oxygen atoms in total. The lowest BCUT2D eigenvalue weighted by Crippen LogP contribution is -2.31. The molecule has 1 aliphatic rings. The number of carbonyl (C=O) groups excluding carboxylic acids is 3. The fourth-order valence-electron chi connectivity index (χ4n) is 3.55. The molecule has 1 fully saturated rings. The molecule has 0 atom stereocenters. The number of ether oxygens (including phenoxy) is 1. The second-order valence-electron chi connectivity index (χ2n) is 6.65. The topological polar surface area (TPSA) is 80.6 Å². The highest BCUT2D eigenvalue weighted by Gasteiger charge is 2.26. The van der Waals surface area contributed by atoms with Gasteiger partial charge < -0.3 is 19.5 Å². The predicted molar refractivity (Wildman–Crippen MR) is 103 cm³/mol. The number of allylic oxidation sites excluding steroid dienone is 1. The summed E-state index contributed by atoms with van der Waals surface area (Å²) in [6.07, 6.45) is 3.92. The number of hydrogen-bond acceptors (Lipinski definition) is 4. The van der Waals surface area contributed by atoms with E-state index in [9.17, 15) is 14.4 Å². The molecule has 148 valence electrons. The molecular formula is C20H29N3O4. The van der Waals surface area contributed by atoms with Crippen LogP contribution in [0.4, 0.5) is 0 Å². The fraction of sp³-hybridized carbons (Fsp3) is 0.550. The first-order valence-electron chi connectivity index (χ1n) is 9.46. The Kier molecular flexibility index (Phi) is 7.21. The lowest BCUT2D eigenvalue weighted by molar-refractivity contribution is -0.127. The van der Waals surface area contributed by atoms with Gasteiger partial charge >= 0.3 is 5.97 Å². The van der Waals surface area contributed by atoms with Gasteiger partial charge in [0.25, 0.3) is 5.91 Å². The Morgan fingerprint density at radius 2 is 2.07 bits per heavy atom. The van der Waals surface area contributed by atoms with Gasteiger partial charge in [-0.1, -0.05) is 6.08 Å². The van der Waals surface area contributed by atoms with Gasteiger partial charge in [0.05, 0.1) is 12.2 Å². The summed E-state index contributed by atoms with van der Waals surface area (Å²) in [7, 11) is 0. The van der Waals surface area contributed by atoms with E-state index in [1.807, 2.05) is 11.8 Å². The molecule has 7 heteroatoms. The molecule has 1 saturated heterocycles. The Hall–Kier alpha value is -2.57. The van der Waals surface area contributed by atoms with E-state index in [0.717, 1.165) is 13.0 Å². The van der Waals surface area contributed by atoms with E-state index < -0.39 is 5.97 Å². The summed E-state index contributed by atoms with van der Waals surface area (Å²) >= 11 is 0. The molecule has 0 unspecified atom stereocenters. The Bertz CT molecular complexity index is 736. The molecule has 0 saturated carbocycles. The highest BCUT2D eigenvalue weighted by molar-refractivity contribution is 6.01. The van der Waals surface area contributed by atoms with Gasteiger partial charge in [0.15, 0.2) is 0 Å². The molecule has 2 rings (SSSR count). The number of aromatic nitrogens is 1. The number of nitrogens with zero attached hydrogens (tertiary/aromatic N) is 2. The largest absolute Gasteiger partial charge is 0.461 e. The van der Waals surface area contributed by atoms with E-state index in [4.69, 9.17) is 4.74 Å². The molecule has 0 spiro atoms. The summed E-state index contributed by atoms with van der Waals surface area (Å²) < 4.78 is 6.91.